The molecule has 51 heavy (non-hydrogen) atoms. The lowest BCUT2D eigenvalue weighted by Crippen LogP contribution is -2.05. The average Bonchev–Trinajstić information content (AvgIpc) is 3.72. The fraction of sp³-hybridized carbons (Fsp3) is 0.0217. The van der Waals surface area contributed by atoms with E-state index in [1.165, 1.54) is 42.0 Å². The fourth-order valence-corrected chi connectivity index (χ4v) is 8.14. The molecule has 9 aromatic rings. The van der Waals surface area contributed by atoms with Crippen molar-refractivity contribution in [3.8, 4) is 16.8 Å². The summed E-state index contributed by atoms with van der Waals surface area (Å²) >= 11 is 1.86. The molecule has 0 saturated heterocycles. The Labute approximate surface area is 300 Å². The van der Waals surface area contributed by atoms with E-state index in [4.69, 9.17) is 9.98 Å². The van der Waals surface area contributed by atoms with Crippen molar-refractivity contribution in [3.05, 3.63) is 187 Å². The Morgan fingerprint density at radius 3 is 2.02 bits per heavy atom. The Balaban J connectivity index is 1.15. The van der Waals surface area contributed by atoms with Crippen molar-refractivity contribution in [3.63, 3.8) is 0 Å². The first-order valence-corrected chi connectivity index (χ1v) is 17.8. The van der Waals surface area contributed by atoms with Gasteiger partial charge in [-0.15, -0.1) is 11.3 Å². The molecule has 242 valence electrons. The van der Waals surface area contributed by atoms with Crippen LogP contribution in [0.2, 0.25) is 0 Å². The second-order valence-electron chi connectivity index (χ2n) is 12.5. The van der Waals surface area contributed by atoms with Crippen molar-refractivity contribution in [2.45, 2.75) is 6.54 Å². The fourth-order valence-electron chi connectivity index (χ4n) is 7.02. The van der Waals surface area contributed by atoms with Crippen LogP contribution in [0.25, 0.3) is 58.8 Å². The van der Waals surface area contributed by atoms with Crippen molar-refractivity contribution in [2.75, 3.05) is 0 Å². The number of hydrogen-bond acceptors (Lipinski definition) is 2. The van der Waals surface area contributed by atoms with E-state index in [0.717, 1.165) is 33.5 Å². The molecule has 2 heterocycles. The molecule has 9 rings (SSSR count). The van der Waals surface area contributed by atoms with Gasteiger partial charge in [-0.25, -0.2) is 9.98 Å². The Morgan fingerprint density at radius 1 is 0.529 bits per heavy atom. The van der Waals surface area contributed by atoms with Crippen LogP contribution in [-0.2, 0) is 6.54 Å². The van der Waals surface area contributed by atoms with Gasteiger partial charge in [0.1, 0.15) is 0 Å². The summed E-state index contributed by atoms with van der Waals surface area (Å²) in [5.41, 5.74) is 8.75. The van der Waals surface area contributed by atoms with E-state index in [0.29, 0.717) is 18.2 Å². The smallest absolute Gasteiger partial charge is 0.161 e. The van der Waals surface area contributed by atoms with Crippen molar-refractivity contribution in [1.29, 1.82) is 0 Å². The Morgan fingerprint density at radius 2 is 1.22 bits per heavy atom. The van der Waals surface area contributed by atoms with Crippen LogP contribution in [0.5, 0.6) is 0 Å². The predicted molar refractivity (Wildman–Crippen MR) is 218 cm³/mol. The summed E-state index contributed by atoms with van der Waals surface area (Å²) < 4.78 is 5.04. The average molecular weight is 673 g/mol. The maximum absolute atomic E-state index is 5.05. The molecule has 7 aromatic carbocycles. The first-order valence-electron chi connectivity index (χ1n) is 17.0. The quantitative estimate of drug-likeness (QED) is 0.125. The monoisotopic (exact) mass is 672 g/mol. The molecule has 0 aliphatic heterocycles. The van der Waals surface area contributed by atoms with Crippen LogP contribution in [-0.4, -0.2) is 23.0 Å². The highest BCUT2D eigenvalue weighted by Gasteiger charge is 2.18. The third-order valence-electron chi connectivity index (χ3n) is 9.39. The Hall–Kier alpha value is -6.43. The van der Waals surface area contributed by atoms with Gasteiger partial charge < -0.3 is 4.57 Å². The van der Waals surface area contributed by atoms with Crippen LogP contribution in [0, 0.1) is 0 Å². The lowest BCUT2D eigenvalue weighted by Gasteiger charge is -2.15. The molecule has 0 aliphatic carbocycles. The lowest BCUT2D eigenvalue weighted by atomic mass is 10.0. The SMILES string of the molecule is C=N/C(=N\C(=N/Cc1cccc(-c2ccccc2-n2c3ccccc3c3cc4c(cc32)sc2ccccc24)c1)c1ccccc1)c1ccccc1. The zero-order valence-electron chi connectivity index (χ0n) is 27.8. The molecular weight excluding hydrogens is 641 g/mol. The number of hydrogen-bond donors (Lipinski definition) is 0. The number of rotatable bonds is 6. The molecule has 0 amide bonds. The van der Waals surface area contributed by atoms with Crippen molar-refractivity contribution >= 4 is 71.7 Å². The van der Waals surface area contributed by atoms with Gasteiger partial charge >= 0.3 is 0 Å². The first kappa shape index (κ1) is 30.6. The highest BCUT2D eigenvalue weighted by Crippen LogP contribution is 2.42. The largest absolute Gasteiger partial charge is 0.309 e. The van der Waals surface area contributed by atoms with E-state index in [-0.39, 0.29) is 0 Å². The van der Waals surface area contributed by atoms with E-state index in [1.807, 2.05) is 72.0 Å². The van der Waals surface area contributed by atoms with Gasteiger partial charge in [-0.1, -0.05) is 133 Å². The van der Waals surface area contributed by atoms with Crippen molar-refractivity contribution < 1.29 is 0 Å². The molecular formula is C46H32N4S. The minimum atomic E-state index is 0.461. The topological polar surface area (TPSA) is 42.0 Å². The number of benzene rings is 7. The lowest BCUT2D eigenvalue weighted by molar-refractivity contribution is 1.06. The van der Waals surface area contributed by atoms with Crippen LogP contribution < -0.4 is 0 Å². The maximum atomic E-state index is 5.05. The molecule has 2 aromatic heterocycles. The van der Waals surface area contributed by atoms with Crippen molar-refractivity contribution in [1.82, 2.24) is 4.57 Å². The van der Waals surface area contributed by atoms with Crippen LogP contribution in [0.1, 0.15) is 16.7 Å². The van der Waals surface area contributed by atoms with E-state index in [1.54, 1.807) is 0 Å². The van der Waals surface area contributed by atoms with Gasteiger partial charge in [0.15, 0.2) is 11.7 Å². The molecule has 0 spiro atoms. The van der Waals surface area contributed by atoms with Crippen LogP contribution in [0.15, 0.2) is 185 Å². The number of fused-ring (bicyclic) bond motifs is 6. The van der Waals surface area contributed by atoms with Crippen LogP contribution in [0.3, 0.4) is 0 Å². The third kappa shape index (κ3) is 5.64. The minimum absolute atomic E-state index is 0.461. The molecule has 0 unspecified atom stereocenters. The highest BCUT2D eigenvalue weighted by atomic mass is 32.1. The van der Waals surface area contributed by atoms with Gasteiger partial charge in [0, 0.05) is 47.6 Å². The number of thiophene rings is 1. The molecule has 0 atom stereocenters. The molecule has 0 aliphatic rings. The number of nitrogens with zero attached hydrogens (tertiary/aromatic N) is 4. The van der Waals surface area contributed by atoms with Gasteiger partial charge in [0.25, 0.3) is 0 Å². The number of aromatic nitrogens is 1. The summed E-state index contributed by atoms with van der Waals surface area (Å²) in [7, 11) is 0. The second kappa shape index (κ2) is 13.1. The highest BCUT2D eigenvalue weighted by molar-refractivity contribution is 7.25. The van der Waals surface area contributed by atoms with Gasteiger partial charge in [-0.05, 0) is 54.2 Å². The summed E-state index contributed by atoms with van der Waals surface area (Å²) in [5, 5.41) is 5.14. The Bertz CT molecular complexity index is 2790. The summed E-state index contributed by atoms with van der Waals surface area (Å²) in [6, 6.07) is 59.6. The summed E-state index contributed by atoms with van der Waals surface area (Å²) in [4.78, 5) is 14.2. The van der Waals surface area contributed by atoms with Crippen LogP contribution >= 0.6 is 11.3 Å². The molecule has 0 radical (unpaired) electrons. The second-order valence-corrected chi connectivity index (χ2v) is 13.6. The molecule has 5 heteroatoms. The van der Waals surface area contributed by atoms with Gasteiger partial charge in [0.2, 0.25) is 0 Å². The normalized spacial score (nSPS) is 12.3. The van der Waals surface area contributed by atoms with Gasteiger partial charge in [0.05, 0.1) is 23.3 Å². The first-order chi connectivity index (χ1) is 25.2. The van der Waals surface area contributed by atoms with Gasteiger partial charge in [-0.2, -0.15) is 0 Å². The number of para-hydroxylation sites is 2. The molecule has 4 nitrogen and oxygen atoms in total. The Kier molecular flexibility index (Phi) is 7.88. The van der Waals surface area contributed by atoms with E-state index >= 15 is 0 Å². The zero-order valence-corrected chi connectivity index (χ0v) is 28.6. The predicted octanol–water partition coefficient (Wildman–Crippen LogP) is 11.9. The summed E-state index contributed by atoms with van der Waals surface area (Å²) in [6.45, 7) is 4.26. The van der Waals surface area contributed by atoms with E-state index in [9.17, 15) is 0 Å². The standard InChI is InChI=1S/C46H32N4S/c1-47-45(32-16-4-2-5-17-32)49-46(33-18-6-3-7-19-33)48-30-31-15-14-20-34(27-31)35-21-8-11-24-40(35)50-41-25-12-9-22-36(41)38-28-39-37-23-10-13-26-43(37)51-44(39)29-42(38)50/h2-29H,1,30H2/b48-46-,49-45-. The number of aliphatic imine (C=N–C) groups is 3. The number of amidine groups is 2. The van der Waals surface area contributed by atoms with E-state index in [2.05, 4.69) is 125 Å². The summed E-state index contributed by atoms with van der Waals surface area (Å²) in [6.07, 6.45) is 0. The minimum Gasteiger partial charge on any atom is -0.309 e. The molecule has 0 saturated carbocycles. The molecule has 0 N–H and O–H groups in total. The zero-order chi connectivity index (χ0) is 34.1. The molecule has 0 fully saturated rings. The van der Waals surface area contributed by atoms with E-state index < -0.39 is 0 Å². The van der Waals surface area contributed by atoms with Gasteiger partial charge in [-0.3, -0.25) is 4.99 Å². The maximum Gasteiger partial charge on any atom is 0.161 e. The van der Waals surface area contributed by atoms with Crippen molar-refractivity contribution in [2.24, 2.45) is 15.0 Å². The van der Waals surface area contributed by atoms with Crippen LogP contribution in [0.4, 0.5) is 0 Å². The summed E-state index contributed by atoms with van der Waals surface area (Å²) in [5.74, 6) is 1.16. The molecule has 0 bridgehead atoms. The third-order valence-corrected chi connectivity index (χ3v) is 10.5.